The van der Waals surface area contributed by atoms with Crippen LogP contribution in [0.3, 0.4) is 0 Å². The zero-order valence-corrected chi connectivity index (χ0v) is 20.1. The van der Waals surface area contributed by atoms with Crippen LogP contribution in [0.4, 0.5) is 5.69 Å². The van der Waals surface area contributed by atoms with E-state index < -0.39 is 21.7 Å². The Morgan fingerprint density at radius 2 is 1.89 bits per heavy atom. The minimum absolute atomic E-state index is 0.0787. The first kappa shape index (κ1) is 23.8. The molecule has 0 radical (unpaired) electrons. The van der Waals surface area contributed by atoms with Gasteiger partial charge in [0.25, 0.3) is 11.7 Å². The Balaban J connectivity index is 1.45. The zero-order chi connectivity index (χ0) is 24.5. The average molecular weight is 498 g/mol. The topological polar surface area (TPSA) is 109 Å². The molecule has 3 heterocycles. The number of carbonyl (C=O) groups excluding carboxylic acids is 1. The van der Waals surface area contributed by atoms with Crippen LogP contribution in [0.1, 0.15) is 31.2 Å². The fraction of sp³-hybridized carbons (Fsp3) is 0.440. The highest BCUT2D eigenvalue weighted by Gasteiger charge is 2.55. The van der Waals surface area contributed by atoms with E-state index in [1.165, 1.54) is 21.3 Å². The summed E-state index contributed by atoms with van der Waals surface area (Å²) in [5, 5.41) is 9.03. The van der Waals surface area contributed by atoms with Gasteiger partial charge in [0.2, 0.25) is 10.0 Å². The molecule has 5 rings (SSSR count). The molecule has 0 aliphatic carbocycles. The Hall–Kier alpha value is -2.97. The van der Waals surface area contributed by atoms with Crippen LogP contribution in [0.25, 0.3) is 0 Å². The van der Waals surface area contributed by atoms with Crippen molar-refractivity contribution < 1.29 is 27.4 Å². The number of ether oxygens (including phenoxy) is 3. The van der Waals surface area contributed by atoms with Crippen molar-refractivity contribution in [3.8, 4) is 11.8 Å². The smallest absolute Gasteiger partial charge is 0.292 e. The van der Waals surface area contributed by atoms with Gasteiger partial charge in [-0.1, -0.05) is 18.2 Å². The lowest BCUT2D eigenvalue weighted by Gasteiger charge is -2.32. The van der Waals surface area contributed by atoms with Gasteiger partial charge in [0.15, 0.2) is 0 Å². The van der Waals surface area contributed by atoms with E-state index in [9.17, 15) is 13.2 Å². The van der Waals surface area contributed by atoms with E-state index in [0.29, 0.717) is 49.6 Å². The fourth-order valence-electron chi connectivity index (χ4n) is 4.91. The van der Waals surface area contributed by atoms with Crippen molar-refractivity contribution in [1.29, 1.82) is 5.26 Å². The predicted octanol–water partition coefficient (Wildman–Crippen LogP) is 2.77. The molecule has 0 bridgehead atoms. The Morgan fingerprint density at radius 1 is 1.11 bits per heavy atom. The Kier molecular flexibility index (Phi) is 6.51. The van der Waals surface area contributed by atoms with Crippen molar-refractivity contribution in [1.82, 2.24) is 4.31 Å². The van der Waals surface area contributed by atoms with Gasteiger partial charge in [-0.25, -0.2) is 8.42 Å². The second-order valence-electron chi connectivity index (χ2n) is 8.75. The van der Waals surface area contributed by atoms with Gasteiger partial charge in [-0.15, -0.1) is 0 Å². The Morgan fingerprint density at radius 3 is 2.63 bits per heavy atom. The summed E-state index contributed by atoms with van der Waals surface area (Å²) in [7, 11) is -3.86. The minimum Gasteiger partial charge on any atom is -0.492 e. The molecule has 10 heteroatoms. The first-order valence-corrected chi connectivity index (χ1v) is 13.2. The van der Waals surface area contributed by atoms with Gasteiger partial charge in [-0.05, 0) is 49.6 Å². The van der Waals surface area contributed by atoms with E-state index in [0.717, 1.165) is 6.42 Å². The van der Waals surface area contributed by atoms with Gasteiger partial charge in [0.1, 0.15) is 12.4 Å². The molecule has 3 aliphatic rings. The van der Waals surface area contributed by atoms with E-state index in [1.807, 2.05) is 36.4 Å². The van der Waals surface area contributed by atoms with Crippen molar-refractivity contribution in [2.75, 3.05) is 37.8 Å². The maximum absolute atomic E-state index is 13.7. The third kappa shape index (κ3) is 4.19. The summed E-state index contributed by atoms with van der Waals surface area (Å²) in [5.74, 6) is -1.40. The molecule has 35 heavy (non-hydrogen) atoms. The monoisotopic (exact) mass is 497 g/mol. The summed E-state index contributed by atoms with van der Waals surface area (Å²) < 4.78 is 46.5. The molecular weight excluding hydrogens is 470 g/mol. The molecule has 184 valence electrons. The summed E-state index contributed by atoms with van der Waals surface area (Å²) in [6.07, 6.45) is 2.22. The lowest BCUT2D eigenvalue weighted by atomic mass is 10.1. The molecule has 0 saturated carbocycles. The van der Waals surface area contributed by atoms with Crippen molar-refractivity contribution in [3.63, 3.8) is 0 Å². The Bertz CT molecular complexity index is 1240. The average Bonchev–Trinajstić information content (AvgIpc) is 3.45. The first-order valence-electron chi connectivity index (χ1n) is 11.8. The van der Waals surface area contributed by atoms with Crippen molar-refractivity contribution in [3.05, 3.63) is 54.1 Å². The number of fused-ring (bicyclic) bond motifs is 2. The molecule has 0 unspecified atom stereocenters. The number of sulfonamides is 1. The van der Waals surface area contributed by atoms with Gasteiger partial charge in [0, 0.05) is 18.7 Å². The first-order chi connectivity index (χ1) is 17.0. The summed E-state index contributed by atoms with van der Waals surface area (Å²) >= 11 is 0. The van der Waals surface area contributed by atoms with Gasteiger partial charge in [-0.2, -0.15) is 9.57 Å². The standard InChI is InChI=1S/C25H27N3O6S/c26-12-5-13-27-23-11-10-21(17-22(23)25(24(27)29)33-15-6-16-34-25)35(30,31)28-14-4-7-19(28)18-32-20-8-2-1-3-9-20/h1-3,8-11,17,19H,4-7,13-16,18H2/t19-/m0/s1. The van der Waals surface area contributed by atoms with Gasteiger partial charge in [-0.3, -0.25) is 4.79 Å². The van der Waals surface area contributed by atoms with Crippen LogP contribution in [0.2, 0.25) is 0 Å². The molecule has 1 spiro atoms. The number of nitriles is 1. The highest BCUT2D eigenvalue weighted by atomic mass is 32.2. The van der Waals surface area contributed by atoms with E-state index in [4.69, 9.17) is 19.5 Å². The van der Waals surface area contributed by atoms with E-state index in [-0.39, 0.29) is 30.5 Å². The van der Waals surface area contributed by atoms with Crippen molar-refractivity contribution in [2.24, 2.45) is 0 Å². The number of carbonyl (C=O) groups is 1. The lowest BCUT2D eigenvalue weighted by molar-refractivity contribution is -0.256. The predicted molar refractivity (Wildman–Crippen MR) is 126 cm³/mol. The maximum Gasteiger partial charge on any atom is 0.292 e. The molecular formula is C25H27N3O6S. The number of hydrogen-bond donors (Lipinski definition) is 0. The van der Waals surface area contributed by atoms with Crippen LogP contribution in [0, 0.1) is 11.3 Å². The van der Waals surface area contributed by atoms with Crippen molar-refractivity contribution in [2.45, 2.75) is 42.4 Å². The van der Waals surface area contributed by atoms with Gasteiger partial charge < -0.3 is 19.1 Å². The van der Waals surface area contributed by atoms with E-state index in [2.05, 4.69) is 0 Å². The molecule has 1 atom stereocenters. The quantitative estimate of drug-likeness (QED) is 0.579. The molecule has 2 fully saturated rings. The van der Waals surface area contributed by atoms with Crippen LogP contribution in [0.5, 0.6) is 5.75 Å². The normalized spacial score (nSPS) is 21.7. The number of amides is 1. The van der Waals surface area contributed by atoms with E-state index >= 15 is 0 Å². The number of anilines is 1. The molecule has 0 aromatic heterocycles. The largest absolute Gasteiger partial charge is 0.492 e. The number of benzene rings is 2. The Labute approximate surface area is 204 Å². The molecule has 9 nitrogen and oxygen atoms in total. The SMILES string of the molecule is N#CCCN1C(=O)C2(OCCCO2)c2cc(S(=O)(=O)N3CCC[C@H]3COc3ccccc3)ccc21. The fourth-order valence-corrected chi connectivity index (χ4v) is 6.61. The van der Waals surface area contributed by atoms with Gasteiger partial charge >= 0.3 is 0 Å². The van der Waals surface area contributed by atoms with Crippen LogP contribution >= 0.6 is 0 Å². The van der Waals surface area contributed by atoms with Gasteiger partial charge in [0.05, 0.1) is 42.3 Å². The van der Waals surface area contributed by atoms with E-state index in [1.54, 1.807) is 6.07 Å². The summed E-state index contributed by atoms with van der Waals surface area (Å²) in [4.78, 5) is 14.9. The third-order valence-corrected chi connectivity index (χ3v) is 8.55. The highest BCUT2D eigenvalue weighted by molar-refractivity contribution is 7.89. The molecule has 1 amide bonds. The lowest BCUT2D eigenvalue weighted by Crippen LogP contribution is -2.47. The molecule has 2 aromatic rings. The van der Waals surface area contributed by atoms with Crippen LogP contribution in [-0.4, -0.2) is 57.6 Å². The maximum atomic E-state index is 13.7. The highest BCUT2D eigenvalue weighted by Crippen LogP contribution is 2.46. The van der Waals surface area contributed by atoms with Crippen LogP contribution in [0.15, 0.2) is 53.4 Å². The summed E-state index contributed by atoms with van der Waals surface area (Å²) in [6, 6.07) is 15.7. The zero-order valence-electron chi connectivity index (χ0n) is 19.3. The summed E-state index contributed by atoms with van der Waals surface area (Å²) in [6.45, 7) is 1.46. The number of para-hydroxylation sites is 1. The number of nitrogens with zero attached hydrogens (tertiary/aromatic N) is 3. The molecule has 2 aromatic carbocycles. The van der Waals surface area contributed by atoms with Crippen LogP contribution < -0.4 is 9.64 Å². The molecule has 0 N–H and O–H groups in total. The minimum atomic E-state index is -3.86. The second kappa shape index (κ2) is 9.59. The molecule has 2 saturated heterocycles. The molecule has 3 aliphatic heterocycles. The number of rotatable bonds is 7. The summed E-state index contributed by atoms with van der Waals surface area (Å²) in [5.41, 5.74) is 0.883. The number of hydrogen-bond acceptors (Lipinski definition) is 7. The third-order valence-electron chi connectivity index (χ3n) is 6.60. The van der Waals surface area contributed by atoms with Crippen LogP contribution in [-0.2, 0) is 30.1 Å². The van der Waals surface area contributed by atoms with Crippen molar-refractivity contribution >= 4 is 21.6 Å². The second-order valence-corrected chi connectivity index (χ2v) is 10.6.